The zero-order valence-corrected chi connectivity index (χ0v) is 7.58. The van der Waals surface area contributed by atoms with Crippen LogP contribution >= 0.6 is 0 Å². The Morgan fingerprint density at radius 3 is 3.00 bits per heavy atom. The third kappa shape index (κ3) is 1.95. The number of carbonyl (C=O) groups is 1. The molecule has 0 aromatic carbocycles. The highest BCUT2D eigenvalue weighted by Crippen LogP contribution is 2.06. The van der Waals surface area contributed by atoms with E-state index in [0.29, 0.717) is 12.5 Å². The van der Waals surface area contributed by atoms with Crippen LogP contribution in [-0.4, -0.2) is 48.7 Å². The molecule has 2 atom stereocenters. The largest absolute Gasteiger partial charge is 0.394 e. The van der Waals surface area contributed by atoms with E-state index < -0.39 is 0 Å². The van der Waals surface area contributed by atoms with E-state index in [1.165, 1.54) is 0 Å². The van der Waals surface area contributed by atoms with Gasteiger partial charge < -0.3 is 10.4 Å². The van der Waals surface area contributed by atoms with E-state index in [-0.39, 0.29) is 18.6 Å². The molecule has 1 amide bonds. The summed E-state index contributed by atoms with van der Waals surface area (Å²) in [6.45, 7) is 3.54. The zero-order chi connectivity index (χ0) is 9.14. The minimum absolute atomic E-state index is 0.0654. The molecule has 70 valence electrons. The molecule has 1 fully saturated rings. The first-order chi connectivity index (χ1) is 5.65. The highest BCUT2D eigenvalue weighted by molar-refractivity contribution is 5.82. The Balaban J connectivity index is 2.64. The molecule has 4 nitrogen and oxygen atoms in total. The lowest BCUT2D eigenvalue weighted by Crippen LogP contribution is -2.44. The molecular weight excluding hydrogens is 156 g/mol. The van der Waals surface area contributed by atoms with Crippen LogP contribution in [-0.2, 0) is 4.79 Å². The van der Waals surface area contributed by atoms with Crippen LogP contribution in [0.1, 0.15) is 6.92 Å². The second-order valence-corrected chi connectivity index (χ2v) is 3.49. The molecule has 1 heterocycles. The van der Waals surface area contributed by atoms with Gasteiger partial charge in [0.2, 0.25) is 5.91 Å². The summed E-state index contributed by atoms with van der Waals surface area (Å²) < 4.78 is 0. The summed E-state index contributed by atoms with van der Waals surface area (Å²) in [7, 11) is 1.86. The number of hydrogen-bond donors (Lipinski definition) is 2. The number of rotatable bonds is 1. The molecule has 0 radical (unpaired) electrons. The molecule has 0 aliphatic carbocycles. The number of nitrogens with one attached hydrogen (secondary N) is 1. The van der Waals surface area contributed by atoms with Crippen LogP contribution < -0.4 is 5.32 Å². The summed E-state index contributed by atoms with van der Waals surface area (Å²) >= 11 is 0. The predicted molar refractivity (Wildman–Crippen MR) is 45.7 cm³/mol. The van der Waals surface area contributed by atoms with Crippen molar-refractivity contribution in [2.24, 2.45) is 5.92 Å². The van der Waals surface area contributed by atoms with E-state index in [1.54, 1.807) is 0 Å². The van der Waals surface area contributed by atoms with Gasteiger partial charge in [0.05, 0.1) is 6.61 Å². The topological polar surface area (TPSA) is 52.6 Å². The van der Waals surface area contributed by atoms with Crippen molar-refractivity contribution in [3.63, 3.8) is 0 Å². The van der Waals surface area contributed by atoms with E-state index in [1.807, 2.05) is 11.9 Å². The van der Waals surface area contributed by atoms with Crippen LogP contribution in [0, 0.1) is 5.92 Å². The van der Waals surface area contributed by atoms with E-state index in [0.717, 1.165) is 6.54 Å². The lowest BCUT2D eigenvalue weighted by Gasteiger charge is -2.22. The molecule has 0 bridgehead atoms. The van der Waals surface area contributed by atoms with E-state index >= 15 is 0 Å². The van der Waals surface area contributed by atoms with Crippen molar-refractivity contribution in [3.8, 4) is 0 Å². The van der Waals surface area contributed by atoms with Gasteiger partial charge in [-0.2, -0.15) is 0 Å². The molecule has 12 heavy (non-hydrogen) atoms. The van der Waals surface area contributed by atoms with Gasteiger partial charge in [-0.15, -0.1) is 0 Å². The van der Waals surface area contributed by atoms with Gasteiger partial charge in [0, 0.05) is 13.1 Å². The Morgan fingerprint density at radius 1 is 1.75 bits per heavy atom. The molecule has 0 aromatic rings. The first-order valence-corrected chi connectivity index (χ1v) is 4.24. The Hall–Kier alpha value is -0.610. The van der Waals surface area contributed by atoms with E-state index in [4.69, 9.17) is 5.11 Å². The molecule has 0 saturated carbocycles. The lowest BCUT2D eigenvalue weighted by atomic mass is 10.2. The van der Waals surface area contributed by atoms with Crippen molar-refractivity contribution in [1.82, 2.24) is 10.2 Å². The first kappa shape index (κ1) is 9.48. The maximum atomic E-state index is 11.3. The van der Waals surface area contributed by atoms with Crippen molar-refractivity contribution in [1.29, 1.82) is 0 Å². The number of amides is 1. The maximum absolute atomic E-state index is 11.3. The number of aliphatic hydroxyl groups excluding tert-OH is 1. The lowest BCUT2D eigenvalue weighted by molar-refractivity contribution is -0.126. The highest BCUT2D eigenvalue weighted by Gasteiger charge is 2.26. The van der Waals surface area contributed by atoms with Crippen molar-refractivity contribution < 1.29 is 9.90 Å². The summed E-state index contributed by atoms with van der Waals surface area (Å²) in [5.41, 5.74) is 0. The van der Waals surface area contributed by atoms with Crippen LogP contribution in [0.25, 0.3) is 0 Å². The number of nitrogens with zero attached hydrogens (tertiary/aromatic N) is 1. The average Bonchev–Trinajstić information content (AvgIpc) is 2.12. The molecule has 0 aromatic heterocycles. The number of likely N-dealkylation sites (N-methyl/N-ethyl adjacent to an activating group) is 1. The number of hydrogen-bond acceptors (Lipinski definition) is 3. The molecule has 1 saturated heterocycles. The molecule has 1 aliphatic rings. The van der Waals surface area contributed by atoms with Gasteiger partial charge in [-0.25, -0.2) is 0 Å². The summed E-state index contributed by atoms with van der Waals surface area (Å²) in [5.74, 6) is 0.389. The maximum Gasteiger partial charge on any atom is 0.239 e. The molecule has 2 N–H and O–H groups in total. The Morgan fingerprint density at radius 2 is 2.42 bits per heavy atom. The minimum Gasteiger partial charge on any atom is -0.394 e. The van der Waals surface area contributed by atoms with Gasteiger partial charge in [0.1, 0.15) is 6.04 Å². The molecule has 1 rings (SSSR count). The van der Waals surface area contributed by atoms with E-state index in [9.17, 15) is 4.79 Å². The van der Waals surface area contributed by atoms with Crippen molar-refractivity contribution in [2.45, 2.75) is 13.0 Å². The molecule has 0 spiro atoms. The van der Waals surface area contributed by atoms with Crippen LogP contribution in [0.2, 0.25) is 0 Å². The van der Waals surface area contributed by atoms with Gasteiger partial charge in [-0.3, -0.25) is 9.69 Å². The normalized spacial score (nSPS) is 32.8. The van der Waals surface area contributed by atoms with Gasteiger partial charge in [0.25, 0.3) is 0 Å². The fourth-order valence-corrected chi connectivity index (χ4v) is 1.50. The zero-order valence-electron chi connectivity index (χ0n) is 7.58. The van der Waals surface area contributed by atoms with Gasteiger partial charge in [-0.1, -0.05) is 6.92 Å². The average molecular weight is 172 g/mol. The monoisotopic (exact) mass is 172 g/mol. The highest BCUT2D eigenvalue weighted by atomic mass is 16.3. The van der Waals surface area contributed by atoms with Gasteiger partial charge in [0.15, 0.2) is 0 Å². The predicted octanol–water partition coefficient (Wildman–Crippen LogP) is -0.955. The Labute approximate surface area is 72.6 Å². The summed E-state index contributed by atoms with van der Waals surface area (Å²) in [4.78, 5) is 13.2. The van der Waals surface area contributed by atoms with Crippen LogP contribution in [0.3, 0.4) is 0 Å². The second-order valence-electron chi connectivity index (χ2n) is 3.49. The Bertz CT molecular complexity index is 172. The first-order valence-electron chi connectivity index (χ1n) is 4.24. The van der Waals surface area contributed by atoms with Crippen molar-refractivity contribution in [3.05, 3.63) is 0 Å². The third-order valence-corrected chi connectivity index (χ3v) is 2.23. The van der Waals surface area contributed by atoms with Gasteiger partial charge >= 0.3 is 0 Å². The molecule has 1 aliphatic heterocycles. The number of aliphatic hydroxyl groups is 1. The van der Waals surface area contributed by atoms with Crippen LogP contribution in [0.4, 0.5) is 0 Å². The molecule has 4 heteroatoms. The number of carbonyl (C=O) groups excluding carboxylic acids is 1. The van der Waals surface area contributed by atoms with Crippen molar-refractivity contribution in [2.75, 3.05) is 26.7 Å². The van der Waals surface area contributed by atoms with Crippen molar-refractivity contribution >= 4 is 5.91 Å². The standard InChI is InChI=1S/C8H16N2O2/c1-6-3-9-8(12)7(5-11)10(2)4-6/h6-7,11H,3-5H2,1-2H3,(H,9,12). The molecule has 2 unspecified atom stereocenters. The smallest absolute Gasteiger partial charge is 0.239 e. The third-order valence-electron chi connectivity index (χ3n) is 2.23. The van der Waals surface area contributed by atoms with E-state index in [2.05, 4.69) is 12.2 Å². The SMILES string of the molecule is CC1CNC(=O)C(CO)N(C)C1. The van der Waals surface area contributed by atoms with Gasteiger partial charge in [-0.05, 0) is 13.0 Å². The van der Waals surface area contributed by atoms with Crippen LogP contribution in [0.15, 0.2) is 0 Å². The molecular formula is C8H16N2O2. The fraction of sp³-hybridized carbons (Fsp3) is 0.875. The quantitative estimate of drug-likeness (QED) is 0.536. The minimum atomic E-state index is -0.366. The fourth-order valence-electron chi connectivity index (χ4n) is 1.50. The van der Waals surface area contributed by atoms with Crippen LogP contribution in [0.5, 0.6) is 0 Å². The summed E-state index contributed by atoms with van der Waals surface area (Å²) in [6, 6.07) is -0.366. The Kier molecular flexibility index (Phi) is 3.05. The summed E-state index contributed by atoms with van der Waals surface area (Å²) in [5, 5.41) is 11.7. The second kappa shape index (κ2) is 3.87. The summed E-state index contributed by atoms with van der Waals surface area (Å²) in [6.07, 6.45) is 0.